The number of benzene rings is 1. The van der Waals surface area contributed by atoms with Gasteiger partial charge in [-0.3, -0.25) is 0 Å². The number of halogens is 2. The van der Waals surface area contributed by atoms with Crippen LogP contribution < -0.4 is 0 Å². The predicted molar refractivity (Wildman–Crippen MR) is 94.2 cm³/mol. The molecule has 0 amide bonds. The second-order valence-corrected chi connectivity index (χ2v) is 6.33. The highest BCUT2D eigenvalue weighted by Gasteiger charge is 2.21. The van der Waals surface area contributed by atoms with E-state index in [1.807, 2.05) is 13.8 Å². The summed E-state index contributed by atoms with van der Waals surface area (Å²) in [6.07, 6.45) is 3.05. The van der Waals surface area contributed by atoms with Crippen molar-refractivity contribution in [2.75, 3.05) is 13.2 Å². The molecule has 0 fully saturated rings. The van der Waals surface area contributed by atoms with Gasteiger partial charge >= 0.3 is 0 Å². The van der Waals surface area contributed by atoms with Crippen molar-refractivity contribution in [2.45, 2.75) is 65.6 Å². The van der Waals surface area contributed by atoms with E-state index in [1.54, 1.807) is 6.07 Å². The quantitative estimate of drug-likeness (QED) is 0.491. The molecule has 0 aliphatic heterocycles. The van der Waals surface area contributed by atoms with E-state index in [2.05, 4.69) is 13.8 Å². The molecule has 0 N–H and O–H groups in total. The van der Waals surface area contributed by atoms with Crippen LogP contribution in [0.15, 0.2) is 12.1 Å². The average Bonchev–Trinajstić information content (AvgIpc) is 2.58. The van der Waals surface area contributed by atoms with E-state index in [-0.39, 0.29) is 18.1 Å². The Bertz CT molecular complexity index is 548. The highest BCUT2D eigenvalue weighted by Crippen LogP contribution is 2.30. The van der Waals surface area contributed by atoms with Crippen molar-refractivity contribution in [1.29, 1.82) is 5.26 Å². The maximum absolute atomic E-state index is 13.9. The van der Waals surface area contributed by atoms with E-state index in [0.717, 1.165) is 25.7 Å². The first kappa shape index (κ1) is 21.5. The van der Waals surface area contributed by atoms with Crippen molar-refractivity contribution in [1.82, 2.24) is 0 Å². The lowest BCUT2D eigenvalue weighted by Gasteiger charge is -2.26. The highest BCUT2D eigenvalue weighted by molar-refractivity contribution is 5.36. The minimum atomic E-state index is -0.789. The maximum atomic E-state index is 13.9. The summed E-state index contributed by atoms with van der Waals surface area (Å²) in [6, 6.07) is 4.13. The smallest absolute Gasteiger partial charge is 0.160 e. The Morgan fingerprint density at radius 2 is 1.72 bits per heavy atom. The zero-order chi connectivity index (χ0) is 18.8. The molecule has 0 saturated carbocycles. The molecule has 3 nitrogen and oxygen atoms in total. The van der Waals surface area contributed by atoms with Crippen LogP contribution in [0.1, 0.15) is 70.4 Å². The molecule has 0 radical (unpaired) electrons. The minimum absolute atomic E-state index is 0.0349. The van der Waals surface area contributed by atoms with E-state index in [1.165, 1.54) is 12.1 Å². The van der Waals surface area contributed by atoms with Gasteiger partial charge in [0.15, 0.2) is 6.29 Å². The fourth-order valence-corrected chi connectivity index (χ4v) is 2.92. The van der Waals surface area contributed by atoms with Crippen LogP contribution in [0.3, 0.4) is 0 Å². The first-order valence-electron chi connectivity index (χ1n) is 9.10. The van der Waals surface area contributed by atoms with Gasteiger partial charge in [-0.1, -0.05) is 20.8 Å². The van der Waals surface area contributed by atoms with E-state index < -0.39 is 17.2 Å². The van der Waals surface area contributed by atoms with Crippen molar-refractivity contribution < 1.29 is 18.3 Å². The molecule has 1 rings (SSSR count). The van der Waals surface area contributed by atoms with Gasteiger partial charge in [0.1, 0.15) is 23.3 Å². The Morgan fingerprint density at radius 3 is 2.20 bits per heavy atom. The monoisotopic (exact) mass is 353 g/mol. The normalized spacial score (nSPS) is 14.8. The Morgan fingerprint density at radius 1 is 1.08 bits per heavy atom. The van der Waals surface area contributed by atoms with Crippen molar-refractivity contribution in [3.8, 4) is 6.07 Å². The highest BCUT2D eigenvalue weighted by atomic mass is 19.1. The molecule has 0 aliphatic rings. The number of rotatable bonds is 11. The number of hydrogen-bond donors (Lipinski definition) is 0. The summed E-state index contributed by atoms with van der Waals surface area (Å²) in [5.41, 5.74) is 0.0856. The van der Waals surface area contributed by atoms with Crippen molar-refractivity contribution in [3.05, 3.63) is 34.9 Å². The average molecular weight is 353 g/mol. The number of nitriles is 1. The van der Waals surface area contributed by atoms with Crippen molar-refractivity contribution >= 4 is 0 Å². The molecule has 5 heteroatoms. The molecule has 0 saturated heterocycles. The lowest BCUT2D eigenvalue weighted by Crippen LogP contribution is -2.26. The van der Waals surface area contributed by atoms with E-state index in [9.17, 15) is 8.78 Å². The molecule has 0 aromatic heterocycles. The zero-order valence-corrected chi connectivity index (χ0v) is 15.6. The molecule has 3 atom stereocenters. The third-order valence-electron chi connectivity index (χ3n) is 4.39. The second-order valence-electron chi connectivity index (χ2n) is 6.33. The molecule has 1 aromatic rings. The van der Waals surface area contributed by atoms with Crippen LogP contribution in [0.4, 0.5) is 8.78 Å². The van der Waals surface area contributed by atoms with Crippen LogP contribution in [-0.4, -0.2) is 19.5 Å². The molecular formula is C20H29F2NO2. The van der Waals surface area contributed by atoms with E-state index in [0.29, 0.717) is 18.8 Å². The zero-order valence-electron chi connectivity index (χ0n) is 15.6. The Labute approximate surface area is 149 Å². The van der Waals surface area contributed by atoms with Crippen LogP contribution in [-0.2, 0) is 9.47 Å². The summed E-state index contributed by atoms with van der Waals surface area (Å²) < 4.78 is 39.2. The van der Waals surface area contributed by atoms with E-state index >= 15 is 0 Å². The fourth-order valence-electron chi connectivity index (χ4n) is 2.92. The van der Waals surface area contributed by atoms with Gasteiger partial charge in [-0.15, -0.1) is 0 Å². The Kier molecular flexibility index (Phi) is 9.62. The molecule has 140 valence electrons. The van der Waals surface area contributed by atoms with Gasteiger partial charge in [-0.25, -0.2) is 8.78 Å². The van der Waals surface area contributed by atoms with Crippen molar-refractivity contribution in [3.63, 3.8) is 0 Å². The summed E-state index contributed by atoms with van der Waals surface area (Å²) in [7, 11) is 0. The van der Waals surface area contributed by atoms with Crippen LogP contribution in [0.5, 0.6) is 0 Å². The molecule has 1 aromatic carbocycles. The lowest BCUT2D eigenvalue weighted by atomic mass is 9.88. The van der Waals surface area contributed by atoms with Crippen molar-refractivity contribution in [2.24, 2.45) is 5.92 Å². The molecule has 0 bridgehead atoms. The number of nitrogens with zero attached hydrogens (tertiary/aromatic N) is 1. The summed E-state index contributed by atoms with van der Waals surface area (Å²) in [4.78, 5) is 0. The lowest BCUT2D eigenvalue weighted by molar-refractivity contribution is -0.167. The molecule has 0 heterocycles. The summed E-state index contributed by atoms with van der Waals surface area (Å²) >= 11 is 0. The van der Waals surface area contributed by atoms with Gasteiger partial charge in [0.05, 0.1) is 0 Å². The first-order chi connectivity index (χ1) is 12.0. The molecular weight excluding hydrogens is 324 g/mol. The van der Waals surface area contributed by atoms with Crippen LogP contribution in [0, 0.1) is 28.9 Å². The topological polar surface area (TPSA) is 42.2 Å². The maximum Gasteiger partial charge on any atom is 0.160 e. The van der Waals surface area contributed by atoms with Gasteiger partial charge in [0.2, 0.25) is 0 Å². The van der Waals surface area contributed by atoms with Gasteiger partial charge in [0, 0.05) is 19.1 Å². The third kappa shape index (κ3) is 6.37. The van der Waals surface area contributed by atoms with Crippen LogP contribution in [0.25, 0.3) is 0 Å². The van der Waals surface area contributed by atoms with Gasteiger partial charge in [-0.2, -0.15) is 5.26 Å². The standard InChI is InChI=1S/C20H29F2NO2/c1-5-10-25-20(24-7-3)14(4)8-9-15(6-2)16-11-18(21)17(13-23)19(22)12-16/h11-12,14-15,20H,5-10H2,1-4H3. The SMILES string of the molecule is CCCOC(OCC)C(C)CCC(CC)c1cc(F)c(C#N)c(F)c1. The predicted octanol–water partition coefficient (Wildman–Crippen LogP) is 5.54. The Hall–Kier alpha value is -1.51. The third-order valence-corrected chi connectivity index (χ3v) is 4.39. The molecule has 3 unspecified atom stereocenters. The largest absolute Gasteiger partial charge is 0.353 e. The summed E-state index contributed by atoms with van der Waals surface area (Å²) in [5.74, 6) is -1.36. The molecule has 25 heavy (non-hydrogen) atoms. The number of hydrogen-bond acceptors (Lipinski definition) is 3. The van der Waals surface area contributed by atoms with Gasteiger partial charge < -0.3 is 9.47 Å². The minimum Gasteiger partial charge on any atom is -0.353 e. The fraction of sp³-hybridized carbons (Fsp3) is 0.650. The Balaban J connectivity index is 2.77. The second kappa shape index (κ2) is 11.2. The molecule has 0 spiro atoms. The van der Waals surface area contributed by atoms with Crippen LogP contribution in [0.2, 0.25) is 0 Å². The first-order valence-corrected chi connectivity index (χ1v) is 9.10. The van der Waals surface area contributed by atoms with Gasteiger partial charge in [-0.05, 0) is 56.2 Å². The number of ether oxygens (including phenoxy) is 2. The van der Waals surface area contributed by atoms with E-state index in [4.69, 9.17) is 14.7 Å². The van der Waals surface area contributed by atoms with Crippen LogP contribution >= 0.6 is 0 Å². The molecule has 0 aliphatic carbocycles. The summed E-state index contributed by atoms with van der Waals surface area (Å²) in [6.45, 7) is 9.29. The van der Waals surface area contributed by atoms with Gasteiger partial charge in [0.25, 0.3) is 0 Å². The summed E-state index contributed by atoms with van der Waals surface area (Å²) in [5, 5.41) is 8.79.